The molecule has 0 unspecified atom stereocenters. The van der Waals surface area contributed by atoms with E-state index in [9.17, 15) is 0 Å². The first-order valence-electron chi connectivity index (χ1n) is 17.2. The van der Waals surface area contributed by atoms with Crippen LogP contribution in [0, 0.1) is 0 Å². The van der Waals surface area contributed by atoms with Crippen molar-refractivity contribution in [2.75, 3.05) is 5.32 Å². The average molecular weight is 637 g/mol. The molecule has 0 bridgehead atoms. The molecule has 0 aliphatic rings. The van der Waals surface area contributed by atoms with E-state index in [0.29, 0.717) is 0 Å². The highest BCUT2D eigenvalue weighted by Crippen LogP contribution is 2.48. The van der Waals surface area contributed by atoms with Crippen molar-refractivity contribution >= 4 is 65.5 Å². The van der Waals surface area contributed by atoms with Crippen LogP contribution >= 0.6 is 0 Å². The van der Waals surface area contributed by atoms with E-state index in [-0.39, 0.29) is 0 Å². The number of nitrogens with zero attached hydrogens (tertiary/aromatic N) is 1. The molecule has 0 amide bonds. The third-order valence-electron chi connectivity index (χ3n) is 10.2. The van der Waals surface area contributed by atoms with E-state index in [1.807, 2.05) is 0 Å². The van der Waals surface area contributed by atoms with Crippen LogP contribution in [0.1, 0.15) is 0 Å². The minimum atomic E-state index is 1.06. The SMILES string of the molecule is c1ccc(Nc2c(-c3ccccc3)ccc3c2c2ccccc2n3-c2c3ccccc3c(-c3cccc4ccccc34)c3ccccc23)cc1. The maximum Gasteiger partial charge on any atom is 0.0619 e. The summed E-state index contributed by atoms with van der Waals surface area (Å²) >= 11 is 0. The van der Waals surface area contributed by atoms with Gasteiger partial charge in [0.15, 0.2) is 0 Å². The summed E-state index contributed by atoms with van der Waals surface area (Å²) in [6, 6.07) is 68.0. The average Bonchev–Trinajstić information content (AvgIpc) is 3.52. The highest BCUT2D eigenvalue weighted by molar-refractivity contribution is 6.24. The second kappa shape index (κ2) is 11.5. The summed E-state index contributed by atoms with van der Waals surface area (Å²) in [4.78, 5) is 0. The number of fused-ring (bicyclic) bond motifs is 6. The maximum atomic E-state index is 3.88. The molecule has 0 spiro atoms. The van der Waals surface area contributed by atoms with Gasteiger partial charge in [-0.25, -0.2) is 0 Å². The van der Waals surface area contributed by atoms with Gasteiger partial charge in [0.1, 0.15) is 0 Å². The van der Waals surface area contributed by atoms with Crippen molar-refractivity contribution in [3.05, 3.63) is 188 Å². The quantitative estimate of drug-likeness (QED) is 0.186. The zero-order chi connectivity index (χ0) is 33.0. The van der Waals surface area contributed by atoms with E-state index in [1.165, 1.54) is 76.5 Å². The molecule has 10 aromatic rings. The van der Waals surface area contributed by atoms with Crippen molar-refractivity contribution in [1.29, 1.82) is 0 Å². The van der Waals surface area contributed by atoms with Crippen molar-refractivity contribution < 1.29 is 0 Å². The van der Waals surface area contributed by atoms with Crippen molar-refractivity contribution in [3.8, 4) is 27.9 Å². The van der Waals surface area contributed by atoms with E-state index in [0.717, 1.165) is 16.9 Å². The lowest BCUT2D eigenvalue weighted by atomic mass is 9.88. The standard InChI is InChI=1S/C48H32N2/c1-3-16-33(17-4-1)36-30-31-44-46(47(36)49-34-20-5-2-6-21-34)42-27-13-14-29-43(42)50(44)48-40-25-11-9-23-38(40)45(39-24-10-12-26-41(39)48)37-28-15-19-32-18-7-8-22-35(32)37/h1-31,49H. The third-order valence-corrected chi connectivity index (χ3v) is 10.2. The molecule has 0 aliphatic heterocycles. The number of anilines is 2. The van der Waals surface area contributed by atoms with Crippen LogP contribution in [0.4, 0.5) is 11.4 Å². The van der Waals surface area contributed by atoms with Gasteiger partial charge >= 0.3 is 0 Å². The molecule has 50 heavy (non-hydrogen) atoms. The Kier molecular flexibility index (Phi) is 6.53. The molecule has 1 heterocycles. The van der Waals surface area contributed by atoms with E-state index in [4.69, 9.17) is 0 Å². The van der Waals surface area contributed by atoms with Crippen molar-refractivity contribution in [2.45, 2.75) is 0 Å². The molecule has 2 heteroatoms. The molecule has 234 valence electrons. The fourth-order valence-corrected chi connectivity index (χ4v) is 8.04. The monoisotopic (exact) mass is 636 g/mol. The van der Waals surface area contributed by atoms with Gasteiger partial charge in [-0.2, -0.15) is 0 Å². The van der Waals surface area contributed by atoms with Crippen LogP contribution in [0.2, 0.25) is 0 Å². The number of rotatable bonds is 5. The molecule has 1 N–H and O–H groups in total. The first-order valence-corrected chi connectivity index (χ1v) is 17.2. The van der Waals surface area contributed by atoms with Gasteiger partial charge in [0, 0.05) is 32.8 Å². The Labute approximate surface area is 290 Å². The number of hydrogen-bond acceptors (Lipinski definition) is 1. The fraction of sp³-hybridized carbons (Fsp3) is 0. The molecule has 0 atom stereocenters. The van der Waals surface area contributed by atoms with Gasteiger partial charge in [-0.05, 0) is 62.5 Å². The molecule has 0 fully saturated rings. The van der Waals surface area contributed by atoms with Gasteiger partial charge < -0.3 is 9.88 Å². The van der Waals surface area contributed by atoms with Gasteiger partial charge in [0.2, 0.25) is 0 Å². The zero-order valence-electron chi connectivity index (χ0n) is 27.3. The molecule has 0 saturated carbocycles. The first-order chi connectivity index (χ1) is 24.8. The fourth-order valence-electron chi connectivity index (χ4n) is 8.04. The predicted octanol–water partition coefficient (Wildman–Crippen LogP) is 13.3. The molecule has 10 rings (SSSR count). The molecular formula is C48H32N2. The Morgan fingerprint density at radius 2 is 0.920 bits per heavy atom. The van der Waals surface area contributed by atoms with Gasteiger partial charge in [0.05, 0.1) is 22.4 Å². The topological polar surface area (TPSA) is 17.0 Å². The minimum Gasteiger partial charge on any atom is -0.354 e. The maximum absolute atomic E-state index is 3.88. The summed E-state index contributed by atoms with van der Waals surface area (Å²) in [6.45, 7) is 0. The summed E-state index contributed by atoms with van der Waals surface area (Å²) in [5, 5.41) is 13.7. The van der Waals surface area contributed by atoms with Crippen LogP contribution in [0.5, 0.6) is 0 Å². The molecular weight excluding hydrogens is 605 g/mol. The first kappa shape index (κ1) is 28.4. The number of hydrogen-bond donors (Lipinski definition) is 1. The van der Waals surface area contributed by atoms with E-state index in [2.05, 4.69) is 198 Å². The Balaban J connectivity index is 1.36. The summed E-state index contributed by atoms with van der Waals surface area (Å²) in [6.07, 6.45) is 0. The zero-order valence-corrected chi connectivity index (χ0v) is 27.3. The number of para-hydroxylation sites is 2. The highest BCUT2D eigenvalue weighted by atomic mass is 15.0. The van der Waals surface area contributed by atoms with Crippen molar-refractivity contribution in [1.82, 2.24) is 4.57 Å². The van der Waals surface area contributed by atoms with Gasteiger partial charge in [-0.15, -0.1) is 0 Å². The lowest BCUT2D eigenvalue weighted by Crippen LogP contribution is -2.00. The van der Waals surface area contributed by atoms with Crippen molar-refractivity contribution in [2.24, 2.45) is 0 Å². The highest BCUT2D eigenvalue weighted by Gasteiger charge is 2.23. The van der Waals surface area contributed by atoms with Gasteiger partial charge in [0.25, 0.3) is 0 Å². The lowest BCUT2D eigenvalue weighted by Gasteiger charge is -2.20. The largest absolute Gasteiger partial charge is 0.354 e. The summed E-state index contributed by atoms with van der Waals surface area (Å²) < 4.78 is 2.51. The van der Waals surface area contributed by atoms with Crippen LogP contribution in [0.15, 0.2) is 188 Å². The lowest BCUT2D eigenvalue weighted by molar-refractivity contribution is 1.21. The van der Waals surface area contributed by atoms with Crippen LogP contribution in [-0.2, 0) is 0 Å². The van der Waals surface area contributed by atoms with E-state index < -0.39 is 0 Å². The molecule has 2 nitrogen and oxygen atoms in total. The van der Waals surface area contributed by atoms with Crippen LogP contribution < -0.4 is 5.32 Å². The second-order valence-electron chi connectivity index (χ2n) is 12.9. The minimum absolute atomic E-state index is 1.06. The van der Waals surface area contributed by atoms with E-state index in [1.54, 1.807) is 0 Å². The summed E-state index contributed by atoms with van der Waals surface area (Å²) in [7, 11) is 0. The Morgan fingerprint density at radius 3 is 1.64 bits per heavy atom. The Hall–Kier alpha value is -6.64. The van der Waals surface area contributed by atoms with Crippen LogP contribution in [-0.4, -0.2) is 4.57 Å². The van der Waals surface area contributed by atoms with Crippen LogP contribution in [0.25, 0.3) is 82.1 Å². The van der Waals surface area contributed by atoms with Crippen molar-refractivity contribution in [3.63, 3.8) is 0 Å². The van der Waals surface area contributed by atoms with Gasteiger partial charge in [-0.1, -0.05) is 164 Å². The second-order valence-corrected chi connectivity index (χ2v) is 12.9. The number of nitrogens with one attached hydrogen (secondary N) is 1. The molecule has 0 saturated heterocycles. The third kappa shape index (κ3) is 4.36. The van der Waals surface area contributed by atoms with Gasteiger partial charge in [-0.3, -0.25) is 0 Å². The summed E-state index contributed by atoms with van der Waals surface area (Å²) in [5.74, 6) is 0. The predicted molar refractivity (Wildman–Crippen MR) is 214 cm³/mol. The number of benzene rings is 9. The smallest absolute Gasteiger partial charge is 0.0619 e. The molecule has 9 aromatic carbocycles. The van der Waals surface area contributed by atoms with Crippen LogP contribution in [0.3, 0.4) is 0 Å². The molecule has 0 aliphatic carbocycles. The van der Waals surface area contributed by atoms with E-state index >= 15 is 0 Å². The molecule has 1 aromatic heterocycles. The normalized spacial score (nSPS) is 11.6. The summed E-state index contributed by atoms with van der Waals surface area (Å²) in [5.41, 5.74) is 10.6. The molecule has 0 radical (unpaired) electrons. The Morgan fingerprint density at radius 1 is 0.360 bits per heavy atom. The Bertz CT molecular complexity index is 2820. The number of aromatic nitrogens is 1.